The van der Waals surface area contributed by atoms with Gasteiger partial charge in [0.05, 0.1) is 11.9 Å². The minimum atomic E-state index is 0.299. The summed E-state index contributed by atoms with van der Waals surface area (Å²) in [5, 5.41) is 7.36. The van der Waals surface area contributed by atoms with E-state index in [4.69, 9.17) is 5.73 Å². The number of hydrogen-bond acceptors (Lipinski definition) is 2. The monoisotopic (exact) mass is 227 g/mol. The molecule has 1 heterocycles. The first-order valence-corrected chi connectivity index (χ1v) is 6.15. The molecular formula is C14H17N3. The first kappa shape index (κ1) is 10.5. The highest BCUT2D eigenvalue weighted by atomic mass is 15.1. The van der Waals surface area contributed by atoms with Gasteiger partial charge in [0.2, 0.25) is 0 Å². The smallest absolute Gasteiger partial charge is 0.0687 e. The van der Waals surface area contributed by atoms with E-state index in [1.54, 1.807) is 0 Å². The van der Waals surface area contributed by atoms with E-state index >= 15 is 0 Å². The second-order valence-electron chi connectivity index (χ2n) is 4.84. The first-order valence-electron chi connectivity index (χ1n) is 6.15. The molecule has 1 fully saturated rings. The van der Waals surface area contributed by atoms with E-state index in [-0.39, 0.29) is 0 Å². The Labute approximate surface area is 101 Å². The fourth-order valence-electron chi connectivity index (χ4n) is 2.59. The number of nitrogens with one attached hydrogen (secondary N) is 1. The maximum Gasteiger partial charge on any atom is 0.0687 e. The number of aromatic nitrogens is 2. The molecule has 3 N–H and O–H groups in total. The van der Waals surface area contributed by atoms with Crippen LogP contribution in [0.5, 0.6) is 0 Å². The third-order valence-electron chi connectivity index (χ3n) is 3.75. The Bertz CT molecular complexity index is 497. The highest BCUT2D eigenvalue weighted by molar-refractivity contribution is 5.65. The summed E-state index contributed by atoms with van der Waals surface area (Å²) in [6.45, 7) is 0.749. The summed E-state index contributed by atoms with van der Waals surface area (Å²) in [4.78, 5) is 0. The van der Waals surface area contributed by atoms with Gasteiger partial charge in [-0.3, -0.25) is 5.10 Å². The quantitative estimate of drug-likeness (QED) is 0.843. The number of H-pyrrole nitrogens is 1. The van der Waals surface area contributed by atoms with Gasteiger partial charge < -0.3 is 5.73 Å². The molecule has 1 saturated carbocycles. The zero-order chi connectivity index (χ0) is 11.7. The number of benzene rings is 1. The lowest BCUT2D eigenvalue weighted by Crippen LogP contribution is -2.13. The van der Waals surface area contributed by atoms with Crippen molar-refractivity contribution in [3.63, 3.8) is 0 Å². The Kier molecular flexibility index (Phi) is 2.48. The van der Waals surface area contributed by atoms with E-state index in [0.717, 1.165) is 18.7 Å². The van der Waals surface area contributed by atoms with Crippen LogP contribution in [-0.2, 0) is 5.41 Å². The van der Waals surface area contributed by atoms with Crippen molar-refractivity contribution in [2.45, 2.75) is 24.7 Å². The molecule has 17 heavy (non-hydrogen) atoms. The van der Waals surface area contributed by atoms with Gasteiger partial charge >= 0.3 is 0 Å². The number of hydrogen-bond donors (Lipinski definition) is 2. The second kappa shape index (κ2) is 4.00. The fourth-order valence-corrected chi connectivity index (χ4v) is 2.59. The highest BCUT2D eigenvalue weighted by Gasteiger charge is 2.45. The van der Waals surface area contributed by atoms with Crippen LogP contribution in [0.4, 0.5) is 0 Å². The average molecular weight is 227 g/mol. The lowest BCUT2D eigenvalue weighted by Gasteiger charge is -2.14. The molecule has 1 aliphatic carbocycles. The standard InChI is InChI=1S/C14H17N3/c15-9-8-14(6-7-14)12-10-16-17-13(12)11-4-2-1-3-5-11/h1-5,10H,6-9,15H2,(H,16,17). The van der Waals surface area contributed by atoms with Crippen LogP contribution in [0.25, 0.3) is 11.3 Å². The molecule has 2 aromatic rings. The minimum Gasteiger partial charge on any atom is -0.330 e. The molecule has 3 nitrogen and oxygen atoms in total. The molecule has 1 aromatic heterocycles. The van der Waals surface area contributed by atoms with Crippen LogP contribution in [0.1, 0.15) is 24.8 Å². The van der Waals surface area contributed by atoms with Crippen molar-refractivity contribution in [3.05, 3.63) is 42.1 Å². The van der Waals surface area contributed by atoms with Crippen LogP contribution in [0, 0.1) is 0 Å². The summed E-state index contributed by atoms with van der Waals surface area (Å²) in [6, 6.07) is 10.4. The molecule has 0 amide bonds. The van der Waals surface area contributed by atoms with E-state index in [9.17, 15) is 0 Å². The largest absolute Gasteiger partial charge is 0.330 e. The van der Waals surface area contributed by atoms with Crippen molar-refractivity contribution in [2.75, 3.05) is 6.54 Å². The molecule has 0 bridgehead atoms. The maximum atomic E-state index is 5.72. The predicted octanol–water partition coefficient (Wildman–Crippen LogP) is 2.46. The van der Waals surface area contributed by atoms with Crippen molar-refractivity contribution in [2.24, 2.45) is 5.73 Å². The third-order valence-corrected chi connectivity index (χ3v) is 3.75. The molecule has 1 aromatic carbocycles. The zero-order valence-electron chi connectivity index (χ0n) is 9.82. The van der Waals surface area contributed by atoms with Crippen LogP contribution in [-0.4, -0.2) is 16.7 Å². The molecular weight excluding hydrogens is 210 g/mol. The van der Waals surface area contributed by atoms with Crippen LogP contribution in [0.3, 0.4) is 0 Å². The summed E-state index contributed by atoms with van der Waals surface area (Å²) >= 11 is 0. The van der Waals surface area contributed by atoms with Crippen molar-refractivity contribution in [3.8, 4) is 11.3 Å². The van der Waals surface area contributed by atoms with E-state index in [2.05, 4.69) is 34.5 Å². The van der Waals surface area contributed by atoms with Crippen molar-refractivity contribution >= 4 is 0 Å². The van der Waals surface area contributed by atoms with Crippen molar-refractivity contribution < 1.29 is 0 Å². The van der Waals surface area contributed by atoms with Gasteiger partial charge in [0.25, 0.3) is 0 Å². The summed E-state index contributed by atoms with van der Waals surface area (Å²) in [5.41, 5.74) is 9.73. The molecule has 3 heteroatoms. The summed E-state index contributed by atoms with van der Waals surface area (Å²) in [7, 11) is 0. The zero-order valence-corrected chi connectivity index (χ0v) is 9.82. The Morgan fingerprint density at radius 2 is 2.00 bits per heavy atom. The lowest BCUT2D eigenvalue weighted by atomic mass is 9.91. The lowest BCUT2D eigenvalue weighted by molar-refractivity contribution is 0.631. The van der Waals surface area contributed by atoms with Gasteiger partial charge in [0.1, 0.15) is 0 Å². The second-order valence-corrected chi connectivity index (χ2v) is 4.84. The van der Waals surface area contributed by atoms with Gasteiger partial charge in [0.15, 0.2) is 0 Å². The topological polar surface area (TPSA) is 54.7 Å². The minimum absolute atomic E-state index is 0.299. The van der Waals surface area contributed by atoms with Crippen LogP contribution in [0.2, 0.25) is 0 Å². The highest BCUT2D eigenvalue weighted by Crippen LogP contribution is 2.52. The predicted molar refractivity (Wildman–Crippen MR) is 68.6 cm³/mol. The molecule has 0 atom stereocenters. The summed E-state index contributed by atoms with van der Waals surface area (Å²) in [6.07, 6.45) is 5.52. The molecule has 0 spiro atoms. The maximum absolute atomic E-state index is 5.72. The average Bonchev–Trinajstić information content (AvgIpc) is 2.98. The first-order chi connectivity index (χ1) is 8.36. The van der Waals surface area contributed by atoms with Gasteiger partial charge in [-0.25, -0.2) is 0 Å². The van der Waals surface area contributed by atoms with Gasteiger partial charge in [0, 0.05) is 11.0 Å². The molecule has 3 rings (SSSR count). The van der Waals surface area contributed by atoms with Gasteiger partial charge in [-0.2, -0.15) is 5.10 Å². The van der Waals surface area contributed by atoms with Crippen molar-refractivity contribution in [1.82, 2.24) is 10.2 Å². The molecule has 0 radical (unpaired) electrons. The van der Waals surface area contributed by atoms with E-state index < -0.39 is 0 Å². The van der Waals surface area contributed by atoms with Crippen LogP contribution >= 0.6 is 0 Å². The Morgan fingerprint density at radius 3 is 2.65 bits per heavy atom. The normalized spacial score (nSPS) is 17.0. The summed E-state index contributed by atoms with van der Waals surface area (Å²) in [5.74, 6) is 0. The van der Waals surface area contributed by atoms with Gasteiger partial charge in [-0.05, 0) is 31.4 Å². The molecule has 88 valence electrons. The molecule has 1 aliphatic rings. The van der Waals surface area contributed by atoms with Gasteiger partial charge in [-0.1, -0.05) is 30.3 Å². The van der Waals surface area contributed by atoms with E-state index in [1.807, 2.05) is 12.3 Å². The summed E-state index contributed by atoms with van der Waals surface area (Å²) < 4.78 is 0. The number of aromatic amines is 1. The molecule has 0 unspecified atom stereocenters. The number of nitrogens with two attached hydrogens (primary N) is 1. The fraction of sp³-hybridized carbons (Fsp3) is 0.357. The Morgan fingerprint density at radius 1 is 1.24 bits per heavy atom. The molecule has 0 aliphatic heterocycles. The van der Waals surface area contributed by atoms with Gasteiger partial charge in [-0.15, -0.1) is 0 Å². The van der Waals surface area contributed by atoms with E-state index in [1.165, 1.54) is 24.0 Å². The van der Waals surface area contributed by atoms with Crippen molar-refractivity contribution in [1.29, 1.82) is 0 Å². The van der Waals surface area contributed by atoms with E-state index in [0.29, 0.717) is 5.41 Å². The van der Waals surface area contributed by atoms with Crippen LogP contribution < -0.4 is 5.73 Å². The number of nitrogens with zero attached hydrogens (tertiary/aromatic N) is 1. The third kappa shape index (κ3) is 1.76. The van der Waals surface area contributed by atoms with Crippen LogP contribution in [0.15, 0.2) is 36.5 Å². The SMILES string of the molecule is NCCC1(c2cn[nH]c2-c2ccccc2)CC1. The Balaban J connectivity index is 2.01. The molecule has 0 saturated heterocycles. The Hall–Kier alpha value is -1.61. The number of rotatable bonds is 4.